The van der Waals surface area contributed by atoms with Gasteiger partial charge in [-0.1, -0.05) is 0 Å². The van der Waals surface area contributed by atoms with Crippen molar-refractivity contribution >= 4 is 5.82 Å². The van der Waals surface area contributed by atoms with Gasteiger partial charge in [-0.2, -0.15) is 10.2 Å². The molecule has 0 radical (unpaired) electrons. The van der Waals surface area contributed by atoms with Crippen LogP contribution in [0.2, 0.25) is 0 Å². The molecule has 0 aliphatic carbocycles. The number of hydrogen-bond acceptors (Lipinski definition) is 5. The average Bonchev–Trinajstić information content (AvgIpc) is 2.38. The molecule has 0 atom stereocenters. The second-order valence-corrected chi connectivity index (χ2v) is 4.72. The van der Waals surface area contributed by atoms with Gasteiger partial charge in [-0.15, -0.1) is 0 Å². The molecule has 0 aromatic carbocycles. The van der Waals surface area contributed by atoms with Crippen molar-refractivity contribution in [3.05, 3.63) is 22.2 Å². The SMILES string of the molecule is CN1CCC(N(C)c2cc(C#N)[nH]c(=O)n2)CC1. The molecule has 1 aliphatic heterocycles. The van der Waals surface area contributed by atoms with Gasteiger partial charge in [-0.3, -0.25) is 4.98 Å². The molecule has 1 aromatic heterocycles. The highest BCUT2D eigenvalue weighted by Crippen LogP contribution is 2.19. The van der Waals surface area contributed by atoms with Crippen LogP contribution in [0.5, 0.6) is 0 Å². The van der Waals surface area contributed by atoms with Crippen LogP contribution in [0.25, 0.3) is 0 Å². The van der Waals surface area contributed by atoms with E-state index in [1.54, 1.807) is 6.07 Å². The summed E-state index contributed by atoms with van der Waals surface area (Å²) in [6.07, 6.45) is 2.09. The Labute approximate surface area is 106 Å². The van der Waals surface area contributed by atoms with Crippen LogP contribution in [0.15, 0.2) is 10.9 Å². The molecule has 0 bridgehead atoms. The van der Waals surface area contributed by atoms with Crippen molar-refractivity contribution < 1.29 is 0 Å². The summed E-state index contributed by atoms with van der Waals surface area (Å²) in [5.74, 6) is 0.574. The van der Waals surface area contributed by atoms with Crippen LogP contribution in [0.4, 0.5) is 5.82 Å². The fourth-order valence-corrected chi connectivity index (χ4v) is 2.25. The van der Waals surface area contributed by atoms with Crippen LogP contribution in [0.3, 0.4) is 0 Å². The highest BCUT2D eigenvalue weighted by molar-refractivity contribution is 5.42. The zero-order valence-corrected chi connectivity index (χ0v) is 10.7. The first-order valence-electron chi connectivity index (χ1n) is 6.03. The Bertz CT molecular complexity index is 510. The zero-order valence-electron chi connectivity index (χ0n) is 10.7. The van der Waals surface area contributed by atoms with Crippen LogP contribution >= 0.6 is 0 Å². The number of nitrogens with one attached hydrogen (secondary N) is 1. The molecule has 1 fully saturated rings. The minimum Gasteiger partial charge on any atom is -0.356 e. The number of aromatic nitrogens is 2. The Balaban J connectivity index is 2.18. The Hall–Kier alpha value is -1.87. The Morgan fingerprint density at radius 1 is 1.56 bits per heavy atom. The summed E-state index contributed by atoms with van der Waals surface area (Å²) in [6.45, 7) is 2.09. The maximum absolute atomic E-state index is 11.4. The second kappa shape index (κ2) is 5.19. The van der Waals surface area contributed by atoms with Gasteiger partial charge >= 0.3 is 5.69 Å². The van der Waals surface area contributed by atoms with Crippen LogP contribution < -0.4 is 10.6 Å². The molecule has 0 spiro atoms. The molecular formula is C12H17N5O. The Morgan fingerprint density at radius 3 is 2.83 bits per heavy atom. The van der Waals surface area contributed by atoms with Gasteiger partial charge in [0.15, 0.2) is 0 Å². The lowest BCUT2D eigenvalue weighted by molar-refractivity contribution is 0.252. The molecule has 2 heterocycles. The molecule has 2 rings (SSSR count). The molecule has 6 heteroatoms. The van der Waals surface area contributed by atoms with E-state index in [4.69, 9.17) is 5.26 Å². The number of piperidine rings is 1. The maximum Gasteiger partial charge on any atom is 0.347 e. The zero-order chi connectivity index (χ0) is 13.1. The van der Waals surface area contributed by atoms with E-state index in [-0.39, 0.29) is 5.69 Å². The fraction of sp³-hybridized carbons (Fsp3) is 0.583. The van der Waals surface area contributed by atoms with Gasteiger partial charge in [0.25, 0.3) is 0 Å². The fourth-order valence-electron chi connectivity index (χ4n) is 2.25. The van der Waals surface area contributed by atoms with Crippen molar-refractivity contribution in [3.63, 3.8) is 0 Å². The van der Waals surface area contributed by atoms with Crippen LogP contribution in [-0.4, -0.2) is 48.1 Å². The topological polar surface area (TPSA) is 76.0 Å². The van der Waals surface area contributed by atoms with Gasteiger partial charge in [0.05, 0.1) is 0 Å². The van der Waals surface area contributed by atoms with Gasteiger partial charge in [-0.25, -0.2) is 4.79 Å². The predicted octanol–water partition coefficient (Wildman–Crippen LogP) is 0.172. The van der Waals surface area contributed by atoms with Crippen molar-refractivity contribution in [1.29, 1.82) is 5.26 Å². The minimum absolute atomic E-state index is 0.254. The Kier molecular flexibility index (Phi) is 3.63. The molecule has 96 valence electrons. The quantitative estimate of drug-likeness (QED) is 0.806. The van der Waals surface area contributed by atoms with Crippen LogP contribution in [0, 0.1) is 11.3 Å². The van der Waals surface area contributed by atoms with Gasteiger partial charge in [0.1, 0.15) is 17.6 Å². The molecule has 18 heavy (non-hydrogen) atoms. The number of likely N-dealkylation sites (tertiary alicyclic amines) is 1. The smallest absolute Gasteiger partial charge is 0.347 e. The van der Waals surface area contributed by atoms with E-state index in [1.807, 2.05) is 18.0 Å². The summed E-state index contributed by atoms with van der Waals surface area (Å²) >= 11 is 0. The van der Waals surface area contributed by atoms with Crippen molar-refractivity contribution in [2.24, 2.45) is 0 Å². The standard InChI is InChI=1S/C12H17N5O/c1-16-5-3-10(4-6-16)17(2)11-7-9(8-13)14-12(18)15-11/h7,10H,3-6H2,1-2H3,(H,14,15,18). The number of rotatable bonds is 2. The summed E-state index contributed by atoms with van der Waals surface area (Å²) in [4.78, 5) is 22.0. The first-order chi connectivity index (χ1) is 8.60. The number of aromatic amines is 1. The van der Waals surface area contributed by atoms with E-state index in [1.165, 1.54) is 0 Å². The van der Waals surface area contributed by atoms with E-state index < -0.39 is 5.69 Å². The lowest BCUT2D eigenvalue weighted by Gasteiger charge is -2.35. The molecule has 1 N–H and O–H groups in total. The number of anilines is 1. The molecule has 1 aliphatic rings. The molecule has 0 unspecified atom stereocenters. The monoisotopic (exact) mass is 247 g/mol. The molecule has 1 saturated heterocycles. The van der Waals surface area contributed by atoms with Crippen molar-refractivity contribution in [3.8, 4) is 6.07 Å². The molecular weight excluding hydrogens is 230 g/mol. The number of nitriles is 1. The van der Waals surface area contributed by atoms with E-state index in [9.17, 15) is 4.79 Å². The van der Waals surface area contributed by atoms with Gasteiger partial charge in [0, 0.05) is 19.2 Å². The average molecular weight is 247 g/mol. The van der Waals surface area contributed by atoms with E-state index in [0.717, 1.165) is 25.9 Å². The predicted molar refractivity (Wildman–Crippen MR) is 68.5 cm³/mol. The third kappa shape index (κ3) is 2.68. The first kappa shape index (κ1) is 12.6. The maximum atomic E-state index is 11.4. The number of hydrogen-bond donors (Lipinski definition) is 1. The molecule has 6 nitrogen and oxygen atoms in total. The highest BCUT2D eigenvalue weighted by atomic mass is 16.1. The lowest BCUT2D eigenvalue weighted by Crippen LogP contribution is -2.42. The highest BCUT2D eigenvalue weighted by Gasteiger charge is 2.21. The van der Waals surface area contributed by atoms with Gasteiger partial charge in [0.2, 0.25) is 0 Å². The molecule has 1 aromatic rings. The number of nitrogens with zero attached hydrogens (tertiary/aromatic N) is 4. The van der Waals surface area contributed by atoms with Crippen molar-refractivity contribution in [2.75, 3.05) is 32.1 Å². The van der Waals surface area contributed by atoms with Crippen LogP contribution in [-0.2, 0) is 0 Å². The lowest BCUT2D eigenvalue weighted by atomic mass is 10.0. The third-order valence-electron chi connectivity index (χ3n) is 3.45. The van der Waals surface area contributed by atoms with E-state index in [0.29, 0.717) is 11.9 Å². The summed E-state index contributed by atoms with van der Waals surface area (Å²) < 4.78 is 0. The largest absolute Gasteiger partial charge is 0.356 e. The van der Waals surface area contributed by atoms with Crippen LogP contribution in [0.1, 0.15) is 18.5 Å². The van der Waals surface area contributed by atoms with Crippen molar-refractivity contribution in [2.45, 2.75) is 18.9 Å². The van der Waals surface area contributed by atoms with Gasteiger partial charge < -0.3 is 9.80 Å². The van der Waals surface area contributed by atoms with E-state index >= 15 is 0 Å². The molecule has 0 saturated carbocycles. The van der Waals surface area contributed by atoms with E-state index in [2.05, 4.69) is 21.9 Å². The summed E-state index contributed by atoms with van der Waals surface area (Å²) in [5.41, 5.74) is -0.214. The normalized spacial score (nSPS) is 17.4. The molecule has 0 amide bonds. The Morgan fingerprint density at radius 2 is 2.22 bits per heavy atom. The summed E-state index contributed by atoms with van der Waals surface area (Å²) in [7, 11) is 4.04. The first-order valence-corrected chi connectivity index (χ1v) is 6.03. The number of H-pyrrole nitrogens is 1. The van der Waals surface area contributed by atoms with Crippen molar-refractivity contribution in [1.82, 2.24) is 14.9 Å². The third-order valence-corrected chi connectivity index (χ3v) is 3.45. The second-order valence-electron chi connectivity index (χ2n) is 4.72. The summed E-state index contributed by atoms with van der Waals surface area (Å²) in [6, 6.07) is 3.94. The minimum atomic E-state index is -0.469. The summed E-state index contributed by atoms with van der Waals surface area (Å²) in [5, 5.41) is 8.84. The van der Waals surface area contributed by atoms with Gasteiger partial charge in [-0.05, 0) is 33.0 Å².